The molecule has 8 heteroatoms. The molecule has 0 saturated heterocycles. The lowest BCUT2D eigenvalue weighted by atomic mass is 9.70. The Labute approximate surface area is 178 Å². The van der Waals surface area contributed by atoms with E-state index in [4.69, 9.17) is 5.26 Å². The highest BCUT2D eigenvalue weighted by Crippen LogP contribution is 2.63. The van der Waals surface area contributed by atoms with Crippen LogP contribution in [-0.2, 0) is 14.8 Å². The highest BCUT2D eigenvalue weighted by molar-refractivity contribution is 7.89. The highest BCUT2D eigenvalue weighted by Gasteiger charge is 2.60. The Balaban J connectivity index is 1.48. The molecule has 0 aromatic heterocycles. The molecule has 1 amide bonds. The zero-order chi connectivity index (χ0) is 21.7. The Morgan fingerprint density at radius 1 is 1.23 bits per heavy atom. The van der Waals surface area contributed by atoms with Crippen molar-refractivity contribution >= 4 is 21.6 Å². The third-order valence-corrected chi connectivity index (χ3v) is 9.58. The van der Waals surface area contributed by atoms with Crippen molar-refractivity contribution < 1.29 is 13.2 Å². The van der Waals surface area contributed by atoms with Crippen LogP contribution in [0.15, 0.2) is 34.3 Å². The van der Waals surface area contributed by atoms with Gasteiger partial charge in [-0.1, -0.05) is 20.8 Å². The first kappa shape index (κ1) is 21.0. The first-order chi connectivity index (χ1) is 14.1. The van der Waals surface area contributed by atoms with Gasteiger partial charge in [0.15, 0.2) is 0 Å². The largest absolute Gasteiger partial charge is 0.272 e. The number of benzene rings is 1. The number of hydrogen-bond acceptors (Lipinski definition) is 5. The summed E-state index contributed by atoms with van der Waals surface area (Å²) in [5.74, 6) is 0.161. The van der Waals surface area contributed by atoms with Gasteiger partial charge in [-0.3, -0.25) is 4.79 Å². The minimum Gasteiger partial charge on any atom is -0.272 e. The third kappa shape index (κ3) is 3.34. The van der Waals surface area contributed by atoms with E-state index in [9.17, 15) is 13.2 Å². The summed E-state index contributed by atoms with van der Waals surface area (Å²) in [5.41, 5.74) is 4.18. The zero-order valence-electron chi connectivity index (χ0n) is 17.7. The second-order valence-corrected chi connectivity index (χ2v) is 11.4. The summed E-state index contributed by atoms with van der Waals surface area (Å²) in [7, 11) is -3.82. The van der Waals surface area contributed by atoms with Crippen molar-refractivity contribution in [3.05, 3.63) is 29.8 Å². The van der Waals surface area contributed by atoms with Crippen molar-refractivity contribution in [1.29, 1.82) is 5.26 Å². The van der Waals surface area contributed by atoms with Crippen LogP contribution < -0.4 is 5.43 Å². The number of nitrogens with zero attached hydrogens (tertiary/aromatic N) is 3. The average Bonchev–Trinajstić information content (AvgIpc) is 3.50. The summed E-state index contributed by atoms with van der Waals surface area (Å²) in [4.78, 5) is 12.7. The van der Waals surface area contributed by atoms with Crippen LogP contribution in [0.3, 0.4) is 0 Å². The molecule has 2 unspecified atom stereocenters. The number of hydrogen-bond donors (Lipinski definition) is 1. The van der Waals surface area contributed by atoms with Crippen molar-refractivity contribution in [3.8, 4) is 6.07 Å². The van der Waals surface area contributed by atoms with Gasteiger partial charge in [-0.15, -0.1) is 0 Å². The van der Waals surface area contributed by atoms with Gasteiger partial charge in [0.25, 0.3) is 5.91 Å². The molecule has 7 nitrogen and oxygen atoms in total. The number of nitriles is 1. The van der Waals surface area contributed by atoms with Gasteiger partial charge < -0.3 is 0 Å². The topological polar surface area (TPSA) is 103 Å². The lowest BCUT2D eigenvalue weighted by molar-refractivity contribution is -0.121. The summed E-state index contributed by atoms with van der Waals surface area (Å²) in [5, 5.41) is 13.4. The Morgan fingerprint density at radius 2 is 1.90 bits per heavy atom. The minimum absolute atomic E-state index is 0.0182. The summed E-state index contributed by atoms with van der Waals surface area (Å²) >= 11 is 0. The van der Waals surface area contributed by atoms with Crippen LogP contribution in [-0.4, -0.2) is 36.9 Å². The van der Waals surface area contributed by atoms with Crippen molar-refractivity contribution in [2.75, 3.05) is 6.54 Å². The molecule has 0 heterocycles. The fourth-order valence-electron chi connectivity index (χ4n) is 5.01. The van der Waals surface area contributed by atoms with Crippen LogP contribution in [0.4, 0.5) is 0 Å². The van der Waals surface area contributed by atoms with Gasteiger partial charge >= 0.3 is 0 Å². The van der Waals surface area contributed by atoms with E-state index >= 15 is 0 Å². The molecule has 1 N–H and O–H groups in total. The van der Waals surface area contributed by atoms with E-state index in [2.05, 4.69) is 31.3 Å². The maximum Gasteiger partial charge on any atom is 0.255 e. The normalized spacial score (nSPS) is 28.6. The van der Waals surface area contributed by atoms with Crippen molar-refractivity contribution in [3.63, 3.8) is 0 Å². The van der Waals surface area contributed by atoms with Gasteiger partial charge in [0.05, 0.1) is 23.1 Å². The predicted molar refractivity (Wildman–Crippen MR) is 113 cm³/mol. The molecule has 1 aromatic rings. The zero-order valence-corrected chi connectivity index (χ0v) is 18.5. The smallest absolute Gasteiger partial charge is 0.255 e. The first-order valence-corrected chi connectivity index (χ1v) is 11.9. The van der Waals surface area contributed by atoms with Gasteiger partial charge in [-0.05, 0) is 67.7 Å². The van der Waals surface area contributed by atoms with E-state index in [1.54, 1.807) is 0 Å². The van der Waals surface area contributed by atoms with Crippen molar-refractivity contribution in [2.45, 2.75) is 63.8 Å². The quantitative estimate of drug-likeness (QED) is 0.704. The summed E-state index contributed by atoms with van der Waals surface area (Å²) in [6.45, 7) is 6.51. The number of hydrazone groups is 1. The van der Waals surface area contributed by atoms with E-state index in [-0.39, 0.29) is 28.3 Å². The summed E-state index contributed by atoms with van der Waals surface area (Å²) in [6.07, 6.45) is 4.63. The maximum absolute atomic E-state index is 13.1. The van der Waals surface area contributed by atoms with Crippen molar-refractivity contribution in [1.82, 2.24) is 9.73 Å². The minimum atomic E-state index is -3.82. The summed E-state index contributed by atoms with van der Waals surface area (Å²) < 4.78 is 27.4. The monoisotopic (exact) mass is 428 g/mol. The van der Waals surface area contributed by atoms with E-state index in [1.807, 2.05) is 6.07 Å². The van der Waals surface area contributed by atoms with Crippen LogP contribution in [0, 0.1) is 28.1 Å². The SMILES string of the molecule is CC12CCC(C/C1=N/NC(=O)CN(C1CC1)S(=O)(=O)c1ccc(C#N)cc1)C2(C)C. The van der Waals surface area contributed by atoms with Crippen LogP contribution >= 0.6 is 0 Å². The van der Waals surface area contributed by atoms with E-state index in [0.717, 1.165) is 31.4 Å². The number of carbonyl (C=O) groups is 1. The Morgan fingerprint density at radius 3 is 2.40 bits per heavy atom. The first-order valence-electron chi connectivity index (χ1n) is 10.5. The van der Waals surface area contributed by atoms with E-state index in [0.29, 0.717) is 11.5 Å². The molecule has 3 saturated carbocycles. The molecule has 0 aliphatic heterocycles. The van der Waals surface area contributed by atoms with Crippen LogP contribution in [0.25, 0.3) is 0 Å². The average molecular weight is 429 g/mol. The Kier molecular flexibility index (Phi) is 5.02. The fraction of sp³-hybridized carbons (Fsp3) is 0.591. The van der Waals surface area contributed by atoms with Crippen LogP contribution in [0.1, 0.15) is 58.4 Å². The molecule has 0 spiro atoms. The Bertz CT molecular complexity index is 1040. The number of sulfonamides is 1. The number of rotatable bonds is 6. The molecular weight excluding hydrogens is 400 g/mol. The third-order valence-electron chi connectivity index (χ3n) is 7.67. The standard InChI is InChI=1S/C22H28N4O3S/c1-21(2)16-10-11-22(21,3)19(12-16)24-25-20(27)14-26(17-6-7-17)30(28,29)18-8-4-15(13-23)5-9-18/h4-5,8-9,16-17H,6-7,10-12,14H2,1-3H3,(H,25,27)/b24-19-. The second kappa shape index (κ2) is 7.17. The Hall–Kier alpha value is -2.24. The number of nitrogens with one attached hydrogen (secondary N) is 1. The lowest BCUT2D eigenvalue weighted by Gasteiger charge is -2.34. The molecule has 0 radical (unpaired) electrons. The molecular formula is C22H28N4O3S. The highest BCUT2D eigenvalue weighted by atomic mass is 32.2. The van der Waals surface area contributed by atoms with Gasteiger partial charge in [-0.2, -0.15) is 14.7 Å². The second-order valence-electron chi connectivity index (χ2n) is 9.50. The van der Waals surface area contributed by atoms with E-state index < -0.39 is 15.9 Å². The van der Waals surface area contributed by atoms with Crippen molar-refractivity contribution in [2.24, 2.45) is 21.8 Å². The maximum atomic E-state index is 13.1. The molecule has 1 aromatic carbocycles. The van der Waals surface area contributed by atoms with Gasteiger partial charge in [0.2, 0.25) is 10.0 Å². The molecule has 2 bridgehead atoms. The number of carbonyl (C=O) groups excluding carboxylic acids is 1. The van der Waals surface area contributed by atoms with Gasteiger partial charge in [0, 0.05) is 17.2 Å². The predicted octanol–water partition coefficient (Wildman–Crippen LogP) is 3.03. The fourth-order valence-corrected chi connectivity index (χ4v) is 6.66. The molecule has 2 atom stereocenters. The number of amides is 1. The molecule has 30 heavy (non-hydrogen) atoms. The van der Waals surface area contributed by atoms with Gasteiger partial charge in [-0.25, -0.2) is 13.8 Å². The molecule has 3 aliphatic carbocycles. The van der Waals surface area contributed by atoms with Crippen LogP contribution in [0.2, 0.25) is 0 Å². The molecule has 160 valence electrons. The summed E-state index contributed by atoms with van der Waals surface area (Å²) in [6, 6.07) is 7.59. The molecule has 4 rings (SSSR count). The molecule has 3 aliphatic rings. The van der Waals surface area contributed by atoms with Crippen LogP contribution in [0.5, 0.6) is 0 Å². The van der Waals surface area contributed by atoms with E-state index in [1.165, 1.54) is 35.0 Å². The lowest BCUT2D eigenvalue weighted by Crippen LogP contribution is -2.41. The number of fused-ring (bicyclic) bond motifs is 2. The molecule has 3 fully saturated rings. The van der Waals surface area contributed by atoms with Gasteiger partial charge in [0.1, 0.15) is 0 Å².